The highest BCUT2D eigenvalue weighted by Gasteiger charge is 2.30. The van der Waals surface area contributed by atoms with Crippen molar-refractivity contribution in [3.05, 3.63) is 76.4 Å². The molecule has 0 saturated carbocycles. The van der Waals surface area contributed by atoms with Gasteiger partial charge in [-0.15, -0.1) is 0 Å². The Morgan fingerprint density at radius 2 is 1.60 bits per heavy atom. The molecule has 0 spiro atoms. The summed E-state index contributed by atoms with van der Waals surface area (Å²) < 4.78 is 9.33. The molecule has 30 heavy (non-hydrogen) atoms. The minimum absolute atomic E-state index is 0.0176. The SMILES string of the molecule is COC(=O)c1cc(NC(=O)C2=CC(N=N)c3ccccc3C2=O)cc(C(=O)OC)c1. The van der Waals surface area contributed by atoms with Crippen LogP contribution in [0.1, 0.15) is 42.7 Å². The summed E-state index contributed by atoms with van der Waals surface area (Å²) in [5.41, 5.74) is 8.12. The van der Waals surface area contributed by atoms with Gasteiger partial charge in [0.1, 0.15) is 6.04 Å². The van der Waals surface area contributed by atoms with E-state index in [0.29, 0.717) is 5.56 Å². The molecule has 1 amide bonds. The molecule has 152 valence electrons. The second kappa shape index (κ2) is 8.48. The Balaban J connectivity index is 1.96. The van der Waals surface area contributed by atoms with Crippen molar-refractivity contribution < 1.29 is 28.7 Å². The van der Waals surface area contributed by atoms with Crippen LogP contribution in [0.25, 0.3) is 0 Å². The van der Waals surface area contributed by atoms with Crippen LogP contribution < -0.4 is 5.32 Å². The van der Waals surface area contributed by atoms with E-state index in [2.05, 4.69) is 19.9 Å². The molecule has 2 N–H and O–H groups in total. The molecule has 1 aliphatic rings. The van der Waals surface area contributed by atoms with Crippen LogP contribution in [0, 0.1) is 5.53 Å². The van der Waals surface area contributed by atoms with E-state index in [9.17, 15) is 19.2 Å². The summed E-state index contributed by atoms with van der Waals surface area (Å²) in [5.74, 6) is -2.71. The molecule has 0 heterocycles. The number of nitrogens with zero attached hydrogens (tertiary/aromatic N) is 1. The maximum absolute atomic E-state index is 12.8. The third-order valence-corrected chi connectivity index (χ3v) is 4.51. The van der Waals surface area contributed by atoms with Crippen molar-refractivity contribution in [1.82, 2.24) is 0 Å². The fourth-order valence-electron chi connectivity index (χ4n) is 3.09. The number of benzene rings is 2. The predicted molar refractivity (Wildman–Crippen MR) is 104 cm³/mol. The van der Waals surface area contributed by atoms with Crippen molar-refractivity contribution in [3.63, 3.8) is 0 Å². The molecule has 0 saturated heterocycles. The quantitative estimate of drug-likeness (QED) is 0.444. The third kappa shape index (κ3) is 3.86. The molecule has 2 aromatic carbocycles. The highest BCUT2D eigenvalue weighted by Crippen LogP contribution is 2.31. The molecular weight excluding hydrogens is 390 g/mol. The van der Waals surface area contributed by atoms with Gasteiger partial charge in [-0.1, -0.05) is 24.3 Å². The Morgan fingerprint density at radius 3 is 2.17 bits per heavy atom. The summed E-state index contributed by atoms with van der Waals surface area (Å²) in [5, 5.41) is 5.99. The number of amides is 1. The number of ether oxygens (including phenoxy) is 2. The summed E-state index contributed by atoms with van der Waals surface area (Å²) in [7, 11) is 2.36. The highest BCUT2D eigenvalue weighted by molar-refractivity contribution is 6.30. The molecule has 1 aliphatic carbocycles. The molecule has 0 fully saturated rings. The molecular formula is C21H17N3O6. The predicted octanol–water partition coefficient (Wildman–Crippen LogP) is 3.09. The first-order chi connectivity index (χ1) is 14.4. The number of rotatable bonds is 5. The van der Waals surface area contributed by atoms with Crippen LogP contribution in [-0.4, -0.2) is 37.8 Å². The van der Waals surface area contributed by atoms with Crippen molar-refractivity contribution in [2.75, 3.05) is 19.5 Å². The highest BCUT2D eigenvalue weighted by atomic mass is 16.5. The maximum Gasteiger partial charge on any atom is 0.337 e. The van der Waals surface area contributed by atoms with Crippen LogP contribution in [0.5, 0.6) is 0 Å². The normalized spacial score (nSPS) is 14.8. The summed E-state index contributed by atoms with van der Waals surface area (Å²) in [4.78, 5) is 49.4. The van der Waals surface area contributed by atoms with Gasteiger partial charge in [0.05, 0.1) is 30.9 Å². The van der Waals surface area contributed by atoms with Crippen LogP contribution in [0.2, 0.25) is 0 Å². The Morgan fingerprint density at radius 1 is 1.00 bits per heavy atom. The lowest BCUT2D eigenvalue weighted by Gasteiger charge is -2.20. The van der Waals surface area contributed by atoms with Crippen LogP contribution in [0.15, 0.2) is 59.2 Å². The largest absolute Gasteiger partial charge is 0.465 e. The number of hydrogen-bond donors (Lipinski definition) is 2. The van der Waals surface area contributed by atoms with Crippen molar-refractivity contribution in [1.29, 1.82) is 5.53 Å². The van der Waals surface area contributed by atoms with E-state index in [-0.39, 0.29) is 28.0 Å². The summed E-state index contributed by atoms with van der Waals surface area (Å²) in [6.45, 7) is 0. The number of ketones is 1. The van der Waals surface area contributed by atoms with Gasteiger partial charge in [-0.2, -0.15) is 5.11 Å². The minimum Gasteiger partial charge on any atom is -0.465 e. The molecule has 0 aromatic heterocycles. The van der Waals surface area contributed by atoms with E-state index < -0.39 is 29.7 Å². The van der Waals surface area contributed by atoms with Gasteiger partial charge >= 0.3 is 11.9 Å². The Kier molecular flexibility index (Phi) is 5.82. The van der Waals surface area contributed by atoms with Gasteiger partial charge in [0.15, 0.2) is 5.78 Å². The number of carbonyl (C=O) groups is 4. The molecule has 2 aromatic rings. The number of anilines is 1. The lowest BCUT2D eigenvalue weighted by molar-refractivity contribution is -0.112. The van der Waals surface area contributed by atoms with Crippen molar-refractivity contribution in [2.24, 2.45) is 5.11 Å². The second-order valence-corrected chi connectivity index (χ2v) is 6.31. The first-order valence-corrected chi connectivity index (χ1v) is 8.74. The fraction of sp³-hybridized carbons (Fsp3) is 0.143. The topological polar surface area (TPSA) is 135 Å². The van der Waals surface area contributed by atoms with Gasteiger partial charge in [-0.25, -0.2) is 15.1 Å². The van der Waals surface area contributed by atoms with E-state index in [1.807, 2.05) is 0 Å². The summed E-state index contributed by atoms with van der Waals surface area (Å²) in [6.07, 6.45) is 1.30. The third-order valence-electron chi connectivity index (χ3n) is 4.51. The van der Waals surface area contributed by atoms with Crippen molar-refractivity contribution in [3.8, 4) is 0 Å². The number of esters is 2. The second-order valence-electron chi connectivity index (χ2n) is 6.31. The van der Waals surface area contributed by atoms with Gasteiger partial charge in [0.2, 0.25) is 0 Å². The standard InChI is InChI=1S/C21H17N3O6/c1-29-20(27)11-7-12(21(28)30-2)9-13(8-11)23-19(26)16-10-17(24-22)14-5-3-4-6-15(14)18(16)25/h3-10,17,22H,1-2H3,(H,23,26). The number of Topliss-reactive ketones (excluding diaryl/α,β-unsaturated/α-hetero) is 1. The average Bonchev–Trinajstić information content (AvgIpc) is 2.78. The first-order valence-electron chi connectivity index (χ1n) is 8.74. The van der Waals surface area contributed by atoms with Crippen molar-refractivity contribution in [2.45, 2.75) is 6.04 Å². The number of carbonyl (C=O) groups excluding carboxylic acids is 4. The van der Waals surface area contributed by atoms with Crippen LogP contribution in [0.3, 0.4) is 0 Å². The van der Waals surface area contributed by atoms with E-state index in [0.717, 1.165) is 0 Å². The molecule has 9 nitrogen and oxygen atoms in total. The smallest absolute Gasteiger partial charge is 0.337 e. The van der Waals surface area contributed by atoms with E-state index in [1.165, 1.54) is 38.5 Å². The van der Waals surface area contributed by atoms with Gasteiger partial charge in [-0.3, -0.25) is 9.59 Å². The molecule has 0 radical (unpaired) electrons. The number of methoxy groups -OCH3 is 2. The Labute approximate surface area is 171 Å². The lowest BCUT2D eigenvalue weighted by Crippen LogP contribution is -2.25. The number of fused-ring (bicyclic) bond motifs is 1. The average molecular weight is 407 g/mol. The summed E-state index contributed by atoms with van der Waals surface area (Å²) >= 11 is 0. The van der Waals surface area contributed by atoms with E-state index in [1.54, 1.807) is 24.3 Å². The van der Waals surface area contributed by atoms with Crippen LogP contribution in [0.4, 0.5) is 5.69 Å². The molecule has 0 aliphatic heterocycles. The molecule has 1 unspecified atom stereocenters. The first kappa shape index (κ1) is 20.6. The zero-order valence-corrected chi connectivity index (χ0v) is 16.1. The van der Waals surface area contributed by atoms with Crippen LogP contribution in [-0.2, 0) is 14.3 Å². The van der Waals surface area contributed by atoms with Crippen LogP contribution >= 0.6 is 0 Å². The van der Waals surface area contributed by atoms with E-state index in [4.69, 9.17) is 5.53 Å². The Hall–Kier alpha value is -4.14. The lowest BCUT2D eigenvalue weighted by atomic mass is 9.87. The van der Waals surface area contributed by atoms with Crippen molar-refractivity contribution >= 4 is 29.3 Å². The minimum atomic E-state index is -0.772. The zero-order chi connectivity index (χ0) is 21.8. The maximum atomic E-state index is 12.8. The number of hydrogen-bond acceptors (Lipinski definition) is 8. The van der Waals surface area contributed by atoms with Gasteiger partial charge in [0, 0.05) is 11.3 Å². The molecule has 1 atom stereocenters. The number of nitrogens with one attached hydrogen (secondary N) is 2. The Bertz CT molecular complexity index is 1070. The van der Waals surface area contributed by atoms with Gasteiger partial charge < -0.3 is 14.8 Å². The monoisotopic (exact) mass is 407 g/mol. The molecule has 3 rings (SSSR count). The zero-order valence-electron chi connectivity index (χ0n) is 16.1. The fourth-order valence-corrected chi connectivity index (χ4v) is 3.09. The molecule has 9 heteroatoms. The van der Waals surface area contributed by atoms with E-state index >= 15 is 0 Å². The molecule has 0 bridgehead atoms. The van der Waals surface area contributed by atoms with Gasteiger partial charge in [-0.05, 0) is 29.8 Å². The van der Waals surface area contributed by atoms with Gasteiger partial charge in [0.25, 0.3) is 5.91 Å². The summed E-state index contributed by atoms with van der Waals surface area (Å²) in [6, 6.07) is 9.72.